The monoisotopic (exact) mass is 518 g/mol. The minimum atomic E-state index is -0.0700. The molecule has 1 spiro atoms. The average molecular weight is 520 g/mol. The van der Waals surface area contributed by atoms with Crippen LogP contribution in [-0.2, 0) is 9.59 Å². The molecule has 3 aliphatic rings. The first-order valence-corrected chi connectivity index (χ1v) is 9.58. The highest BCUT2D eigenvalue weighted by molar-refractivity contribution is 8.93. The summed E-state index contributed by atoms with van der Waals surface area (Å²) in [5.41, 5.74) is -0.0290. The maximum Gasteiger partial charge on any atom is 0.229 e. The maximum absolute atomic E-state index is 12.4. The predicted octanol–water partition coefficient (Wildman–Crippen LogP) is 3.28. The molecule has 0 aromatic heterocycles. The second-order valence-electron chi connectivity index (χ2n) is 7.70. The number of hydrogen-bond donors (Lipinski definition) is 1. The normalized spacial score (nSPS) is 22.6. The topological polar surface area (TPSA) is 67.9 Å². The molecule has 4 rings (SSSR count). The number of amides is 2. The Morgan fingerprint density at radius 2 is 1.68 bits per heavy atom. The molecule has 2 heterocycles. The third-order valence-electron chi connectivity index (χ3n) is 5.77. The molecule has 2 amide bonds. The van der Waals surface area contributed by atoms with Gasteiger partial charge in [-0.3, -0.25) is 14.5 Å². The van der Waals surface area contributed by atoms with Crippen molar-refractivity contribution in [3.63, 3.8) is 0 Å². The molecule has 2 fully saturated rings. The Hall–Kier alpha value is -1.12. The molecule has 28 heavy (non-hydrogen) atoms. The zero-order valence-electron chi connectivity index (χ0n) is 15.9. The zero-order valence-corrected chi connectivity index (χ0v) is 19.3. The van der Waals surface area contributed by atoms with Crippen LogP contribution < -0.4 is 14.8 Å². The number of ether oxygens (including phenoxy) is 2. The number of benzene rings is 1. The van der Waals surface area contributed by atoms with Gasteiger partial charge in [-0.1, -0.05) is 25.0 Å². The van der Waals surface area contributed by atoms with E-state index < -0.39 is 0 Å². The summed E-state index contributed by atoms with van der Waals surface area (Å²) in [4.78, 5) is 26.3. The highest BCUT2D eigenvalue weighted by atomic mass is 79.9. The van der Waals surface area contributed by atoms with E-state index >= 15 is 0 Å². The molecule has 1 aromatic rings. The summed E-state index contributed by atoms with van der Waals surface area (Å²) >= 11 is 0. The highest BCUT2D eigenvalue weighted by Crippen LogP contribution is 2.46. The van der Waals surface area contributed by atoms with Crippen LogP contribution in [0.5, 0.6) is 11.5 Å². The van der Waals surface area contributed by atoms with E-state index in [1.807, 2.05) is 24.3 Å². The van der Waals surface area contributed by atoms with Crippen molar-refractivity contribution in [2.75, 3.05) is 26.2 Å². The maximum atomic E-state index is 12.4. The van der Waals surface area contributed by atoms with E-state index in [0.29, 0.717) is 39.1 Å². The molecule has 1 N–H and O–H groups in total. The van der Waals surface area contributed by atoms with Crippen molar-refractivity contribution in [2.45, 2.75) is 44.6 Å². The van der Waals surface area contributed by atoms with Gasteiger partial charge in [-0.15, -0.1) is 34.0 Å². The minimum Gasteiger partial charge on any atom is -0.486 e. The molecule has 1 aliphatic carbocycles. The van der Waals surface area contributed by atoms with E-state index in [-0.39, 0.29) is 57.3 Å². The molecule has 0 radical (unpaired) electrons. The Morgan fingerprint density at radius 3 is 2.36 bits per heavy atom. The molecule has 1 saturated carbocycles. The molecule has 0 bridgehead atoms. The van der Waals surface area contributed by atoms with Crippen LogP contribution in [0.15, 0.2) is 24.3 Å². The first-order valence-electron chi connectivity index (χ1n) is 9.58. The van der Waals surface area contributed by atoms with Gasteiger partial charge in [0, 0.05) is 32.5 Å². The molecule has 1 aromatic carbocycles. The summed E-state index contributed by atoms with van der Waals surface area (Å²) in [5.74, 6) is 1.52. The van der Waals surface area contributed by atoms with Crippen LogP contribution in [0.25, 0.3) is 0 Å². The van der Waals surface area contributed by atoms with Gasteiger partial charge in [0.1, 0.15) is 12.7 Å². The largest absolute Gasteiger partial charge is 0.486 e. The van der Waals surface area contributed by atoms with Crippen LogP contribution in [-0.4, -0.2) is 49.1 Å². The summed E-state index contributed by atoms with van der Waals surface area (Å²) in [6, 6.07) is 7.63. The van der Waals surface area contributed by atoms with Crippen molar-refractivity contribution in [3.8, 4) is 11.5 Å². The quantitative estimate of drug-likeness (QED) is 0.477. The number of para-hydroxylation sites is 2. The molecule has 6 nitrogen and oxygen atoms in total. The third-order valence-corrected chi connectivity index (χ3v) is 5.77. The summed E-state index contributed by atoms with van der Waals surface area (Å²) in [7, 11) is 0. The molecule has 1 saturated heterocycles. The summed E-state index contributed by atoms with van der Waals surface area (Å²) in [6.07, 6.45) is 5.35. The van der Waals surface area contributed by atoms with Gasteiger partial charge in [0.15, 0.2) is 11.5 Å². The second kappa shape index (κ2) is 10.1. The van der Waals surface area contributed by atoms with Gasteiger partial charge in [-0.2, -0.15) is 0 Å². The van der Waals surface area contributed by atoms with Crippen LogP contribution in [0.2, 0.25) is 0 Å². The number of nitrogens with one attached hydrogen (secondary N) is 1. The van der Waals surface area contributed by atoms with Crippen LogP contribution in [0, 0.1) is 5.41 Å². The van der Waals surface area contributed by atoms with Gasteiger partial charge in [-0.05, 0) is 30.4 Å². The lowest BCUT2D eigenvalue weighted by molar-refractivity contribution is -0.153. The van der Waals surface area contributed by atoms with Gasteiger partial charge >= 0.3 is 0 Å². The number of imide groups is 1. The van der Waals surface area contributed by atoms with Crippen molar-refractivity contribution in [1.29, 1.82) is 0 Å². The standard InChI is InChI=1S/C20H26N2O4.2BrH/c23-18-11-20(7-3-4-8-20)12-19(24)22(18)10-9-21-13-15-14-25-16-5-1-2-6-17(16)26-15;;/h1-2,5-6,15,21H,3-4,7-14H2;2*1H. The Morgan fingerprint density at radius 1 is 1.04 bits per heavy atom. The number of piperidine rings is 1. The number of halogens is 2. The van der Waals surface area contributed by atoms with Gasteiger partial charge in [-0.25, -0.2) is 0 Å². The van der Waals surface area contributed by atoms with E-state index in [2.05, 4.69) is 5.32 Å². The molecular weight excluding hydrogens is 492 g/mol. The van der Waals surface area contributed by atoms with Crippen molar-refractivity contribution in [2.24, 2.45) is 5.41 Å². The smallest absolute Gasteiger partial charge is 0.229 e. The first kappa shape index (κ1) is 23.2. The number of rotatable bonds is 5. The minimum absolute atomic E-state index is 0. The van der Waals surface area contributed by atoms with Crippen LogP contribution >= 0.6 is 34.0 Å². The highest BCUT2D eigenvalue weighted by Gasteiger charge is 2.44. The number of hydrogen-bond acceptors (Lipinski definition) is 5. The van der Waals surface area contributed by atoms with E-state index in [9.17, 15) is 9.59 Å². The van der Waals surface area contributed by atoms with Crippen molar-refractivity contribution < 1.29 is 19.1 Å². The van der Waals surface area contributed by atoms with E-state index in [1.165, 1.54) is 4.90 Å². The molecule has 156 valence electrons. The molecule has 2 aliphatic heterocycles. The number of likely N-dealkylation sites (tertiary alicyclic amines) is 1. The first-order chi connectivity index (χ1) is 12.7. The van der Waals surface area contributed by atoms with Gasteiger partial charge in [0.05, 0.1) is 0 Å². The number of nitrogens with zero attached hydrogens (tertiary/aromatic N) is 1. The van der Waals surface area contributed by atoms with E-state index in [1.54, 1.807) is 0 Å². The van der Waals surface area contributed by atoms with Crippen LogP contribution in [0.1, 0.15) is 38.5 Å². The zero-order chi connectivity index (χ0) is 18.0. The van der Waals surface area contributed by atoms with E-state index in [0.717, 1.165) is 37.2 Å². The lowest BCUT2D eigenvalue weighted by Gasteiger charge is -2.37. The molecule has 8 heteroatoms. The van der Waals surface area contributed by atoms with Crippen molar-refractivity contribution >= 4 is 45.8 Å². The summed E-state index contributed by atoms with van der Waals surface area (Å²) < 4.78 is 11.6. The second-order valence-corrected chi connectivity index (χ2v) is 7.70. The molecule has 1 unspecified atom stereocenters. The number of carbonyl (C=O) groups excluding carboxylic acids is 2. The Labute approximate surface area is 186 Å². The SMILES string of the molecule is Br.Br.O=C1CC2(CCCC2)CC(=O)N1CCNCC1COc2ccccc2O1. The lowest BCUT2D eigenvalue weighted by Crippen LogP contribution is -2.50. The molecule has 1 atom stereocenters. The Kier molecular flexibility index (Phi) is 8.33. The summed E-state index contributed by atoms with van der Waals surface area (Å²) in [6.45, 7) is 2.12. The number of fused-ring (bicyclic) bond motifs is 1. The molecular formula is C20H28Br2N2O4. The van der Waals surface area contributed by atoms with Gasteiger partial charge in [0.2, 0.25) is 11.8 Å². The fourth-order valence-corrected chi connectivity index (χ4v) is 4.38. The Balaban J connectivity index is 0.00000140. The van der Waals surface area contributed by atoms with Gasteiger partial charge in [0.25, 0.3) is 0 Å². The van der Waals surface area contributed by atoms with Gasteiger partial charge < -0.3 is 14.8 Å². The fourth-order valence-electron chi connectivity index (χ4n) is 4.38. The third kappa shape index (κ3) is 5.07. The average Bonchev–Trinajstić information content (AvgIpc) is 3.07. The lowest BCUT2D eigenvalue weighted by atomic mass is 9.76. The van der Waals surface area contributed by atoms with Crippen LogP contribution in [0.3, 0.4) is 0 Å². The number of carbonyl (C=O) groups is 2. The fraction of sp³-hybridized carbons (Fsp3) is 0.600. The van der Waals surface area contributed by atoms with Crippen LogP contribution in [0.4, 0.5) is 0 Å². The Bertz CT molecular complexity index is 675. The van der Waals surface area contributed by atoms with Crippen molar-refractivity contribution in [3.05, 3.63) is 24.3 Å². The summed E-state index contributed by atoms with van der Waals surface area (Å²) in [5, 5.41) is 3.28. The van der Waals surface area contributed by atoms with E-state index in [4.69, 9.17) is 9.47 Å². The predicted molar refractivity (Wildman–Crippen MR) is 117 cm³/mol. The van der Waals surface area contributed by atoms with Crippen molar-refractivity contribution in [1.82, 2.24) is 10.2 Å².